The number of aliphatic hydroxyl groups excluding tert-OH is 1. The van der Waals surface area contributed by atoms with Crippen molar-refractivity contribution in [2.75, 3.05) is 83.8 Å². The quantitative estimate of drug-likeness (QED) is 0.0381. The number of nitrogens with one attached hydrogen (secondary N) is 2. The van der Waals surface area contributed by atoms with Gasteiger partial charge in [-0.25, -0.2) is 75.7 Å². The van der Waals surface area contributed by atoms with Gasteiger partial charge in [-0.1, -0.05) is 55.9 Å². The van der Waals surface area contributed by atoms with Crippen molar-refractivity contribution in [1.82, 2.24) is 77.9 Å². The third-order valence-electron chi connectivity index (χ3n) is 18.4. The Morgan fingerprint density at radius 1 is 0.518 bits per heavy atom. The van der Waals surface area contributed by atoms with Crippen LogP contribution >= 0.6 is 31.3 Å². The van der Waals surface area contributed by atoms with Gasteiger partial charge in [-0.15, -0.1) is 0 Å². The molecule has 0 aromatic carbocycles. The number of hydrogen-bond acceptors (Lipinski definition) is 32. The highest BCUT2D eigenvalue weighted by atomic mass is 31.2. The number of hydrogen-bond donors (Lipinski definition) is 9. The Kier molecular flexibility index (Phi) is 29.8. The van der Waals surface area contributed by atoms with E-state index >= 15 is 8.78 Å². The number of nitrogen functional groups attached to an aromatic ring is 2. The fraction of sp³-hybridized carbons (Fsp3) is 0.639. The number of nitrogens with two attached hydrogens (primary N) is 2. The first kappa shape index (κ1) is 89.5. The lowest BCUT2D eigenvalue weighted by atomic mass is 10.0. The van der Waals surface area contributed by atoms with Crippen molar-refractivity contribution in [2.45, 2.75) is 175 Å². The highest BCUT2D eigenvalue weighted by molar-refractivity contribution is 7.48. The van der Waals surface area contributed by atoms with E-state index in [0.717, 1.165) is 75.2 Å². The number of fused-ring (bicyclic) bond motifs is 10. The molecule has 20 atom stereocenters. The predicted octanol–water partition coefficient (Wildman–Crippen LogP) is 6.06. The van der Waals surface area contributed by atoms with E-state index in [-0.39, 0.29) is 52.7 Å². The Morgan fingerprint density at radius 3 is 1.23 bits per heavy atom. The van der Waals surface area contributed by atoms with Gasteiger partial charge in [-0.3, -0.25) is 54.9 Å². The molecule has 11 N–H and O–H groups in total. The Bertz CT molecular complexity index is 4530. The average Bonchev–Trinajstić information content (AvgIpc) is 1.62. The molecule has 51 heteroatoms. The lowest BCUT2D eigenvalue weighted by Gasteiger charge is -2.26. The topological polar surface area (TPSA) is 536 Å². The summed E-state index contributed by atoms with van der Waals surface area (Å²) in [5.74, 6) is -2.87. The molecule has 6 saturated heterocycles. The molecule has 6 aliphatic rings. The number of alkyl halides is 2. The Morgan fingerprint density at radius 2 is 0.866 bits per heavy atom. The molecule has 6 fully saturated rings. The first-order valence-electron chi connectivity index (χ1n) is 35.1. The number of halogens is 4. The van der Waals surface area contributed by atoms with Crippen LogP contribution in [0, 0.1) is 17.6 Å². The minimum Gasteiger partial charge on any atom is -0.418 e. The van der Waals surface area contributed by atoms with Crippen molar-refractivity contribution < 1.29 is 120 Å². The molecule has 6 aliphatic heterocycles. The second-order valence-electron chi connectivity index (χ2n) is 26.4. The highest BCUT2D eigenvalue weighted by Gasteiger charge is 2.57. The number of H-pyrrole nitrogens is 2. The Balaban J connectivity index is 0.000000203. The minimum atomic E-state index is -5.21. The third-order valence-corrected chi connectivity index (χ3v) is 23.5. The van der Waals surface area contributed by atoms with E-state index in [2.05, 4.69) is 121 Å². The number of aromatic amines is 2. The second kappa shape index (κ2) is 37.3. The number of phosphoric ester groups is 4. The lowest BCUT2D eigenvalue weighted by Crippen LogP contribution is -2.35. The van der Waals surface area contributed by atoms with Crippen molar-refractivity contribution in [1.29, 1.82) is 0 Å². The average molecular weight is 1690 g/mol. The zero-order chi connectivity index (χ0) is 81.0. The molecule has 8 aromatic rings. The van der Waals surface area contributed by atoms with E-state index in [1.807, 2.05) is 6.92 Å². The number of aromatic nitrogens is 14. The highest BCUT2D eigenvalue weighted by Crippen LogP contribution is 2.57. The largest absolute Gasteiger partial charge is 0.472 e. The second-order valence-corrected chi connectivity index (χ2v) is 36.6. The van der Waals surface area contributed by atoms with Crippen LogP contribution in [-0.2, 0) is 77.8 Å². The summed E-state index contributed by atoms with van der Waals surface area (Å²) in [6.45, 7) is 27.9. The van der Waals surface area contributed by atoms with Gasteiger partial charge in [0.1, 0.15) is 83.3 Å². The van der Waals surface area contributed by atoms with Crippen LogP contribution in [0.25, 0.3) is 44.4 Å². The van der Waals surface area contributed by atoms with Crippen LogP contribution in [0.1, 0.15) is 87.7 Å². The zero-order valence-corrected chi connectivity index (χ0v) is 66.4. The van der Waals surface area contributed by atoms with Crippen molar-refractivity contribution in [3.8, 4) is 0 Å². The number of imidazole rings is 2. The normalized spacial score (nSPS) is 32.3. The summed E-state index contributed by atoms with van der Waals surface area (Å²) in [5.41, 5.74) is 9.87. The van der Waals surface area contributed by atoms with Crippen LogP contribution in [0.15, 0.2) is 59.9 Å². The van der Waals surface area contributed by atoms with Crippen molar-refractivity contribution in [3.63, 3.8) is 0 Å². The van der Waals surface area contributed by atoms with Crippen molar-refractivity contribution >= 4 is 95.6 Å². The molecule has 14 rings (SSSR count). The van der Waals surface area contributed by atoms with E-state index in [9.17, 15) is 61.3 Å². The maximum Gasteiger partial charge on any atom is 0.472 e. The van der Waals surface area contributed by atoms with Gasteiger partial charge in [-0.05, 0) is 65.8 Å². The van der Waals surface area contributed by atoms with Gasteiger partial charge in [0.2, 0.25) is 0 Å². The first-order valence-corrected chi connectivity index (χ1v) is 44.4. The van der Waals surface area contributed by atoms with E-state index in [1.54, 1.807) is 0 Å². The van der Waals surface area contributed by atoms with Crippen molar-refractivity contribution in [3.05, 3.63) is 82.7 Å². The molecule has 14 heterocycles. The fourth-order valence-electron chi connectivity index (χ4n) is 12.7. The van der Waals surface area contributed by atoms with Crippen LogP contribution in [-0.4, -0.2) is 250 Å². The first-order chi connectivity index (χ1) is 52.4. The van der Waals surface area contributed by atoms with E-state index < -0.39 is 198 Å². The van der Waals surface area contributed by atoms with Crippen LogP contribution in [0.2, 0.25) is 19.6 Å². The Hall–Kier alpha value is -6.40. The smallest absolute Gasteiger partial charge is 0.418 e. The van der Waals surface area contributed by atoms with Gasteiger partial charge >= 0.3 is 31.3 Å². The molecule has 624 valence electrons. The molecule has 0 spiro atoms. The summed E-state index contributed by atoms with van der Waals surface area (Å²) in [5, 5.41) is 10.1. The zero-order valence-electron chi connectivity index (χ0n) is 61.8. The van der Waals surface area contributed by atoms with E-state index in [4.69, 9.17) is 71.0 Å². The summed E-state index contributed by atoms with van der Waals surface area (Å²) >= 11 is 0. The summed E-state index contributed by atoms with van der Waals surface area (Å²) in [7, 11) is -21.7. The van der Waals surface area contributed by atoms with E-state index in [0.29, 0.717) is 0 Å². The summed E-state index contributed by atoms with van der Waals surface area (Å²) in [6, 6.07) is 0. The number of rotatable bonds is 12. The molecule has 4 bridgehead atoms. The summed E-state index contributed by atoms with van der Waals surface area (Å²) in [6.07, 6.45) is -17.1. The van der Waals surface area contributed by atoms with Crippen LogP contribution in [0.3, 0.4) is 0 Å². The molecule has 112 heavy (non-hydrogen) atoms. The van der Waals surface area contributed by atoms with Gasteiger partial charge in [0.05, 0.1) is 57.8 Å². The maximum atomic E-state index is 15.9. The van der Waals surface area contributed by atoms with Gasteiger partial charge in [0, 0.05) is 24.9 Å². The number of anilines is 2. The van der Waals surface area contributed by atoms with Gasteiger partial charge in [0.15, 0.2) is 91.4 Å². The molecule has 42 nitrogen and oxygen atoms in total. The molecular weight excluding hydrogens is 1600 g/mol. The van der Waals surface area contributed by atoms with Crippen LogP contribution in [0.4, 0.5) is 29.2 Å². The molecule has 0 amide bonds. The molecule has 4 unspecified atom stereocenters. The van der Waals surface area contributed by atoms with Crippen molar-refractivity contribution in [2.24, 2.45) is 5.92 Å². The third kappa shape index (κ3) is 20.3. The maximum absolute atomic E-state index is 15.9. The minimum absolute atomic E-state index is 0. The number of phosphoric acid groups is 4. The molecule has 0 radical (unpaired) electrons. The van der Waals surface area contributed by atoms with Crippen LogP contribution in [0.5, 0.6) is 0 Å². The number of ether oxygens (including phenoxy) is 4. The monoisotopic (exact) mass is 1690 g/mol. The van der Waals surface area contributed by atoms with Crippen LogP contribution < -0.4 is 22.6 Å². The van der Waals surface area contributed by atoms with E-state index in [1.165, 1.54) is 46.2 Å². The summed E-state index contributed by atoms with van der Waals surface area (Å²) in [4.78, 5) is 108. The summed E-state index contributed by atoms with van der Waals surface area (Å²) < 4.78 is 188. The predicted molar refractivity (Wildman–Crippen MR) is 392 cm³/mol. The molecular formula is C61H94F4N18O24P4Si. The molecule has 0 aliphatic carbocycles. The lowest BCUT2D eigenvalue weighted by molar-refractivity contribution is -0.0671. The standard InChI is InChI=1S/C22H24F2N8O11P2.C21H22F2N8O12P2.2C6H15N.C5H14OSi.CH4/c1-8-10-3-38-45(36,37)43-16-11(41-21(13(16)24)32-7-30-14-17(25)26-5-28-19(14)32)4-39-44(34,35)42-15(8)22(40-10)31-2-9(23)12-18(31)27-6-29-20(12)33;22-7-1-30(17-10(7)19(33)28-5-26-17)21-15-13(32)8(40-21)2-38-44(34,35)42-14-9(3-39-45(36,37)43-15)41-20(11(14)23)31-6-29-12-16(24)25-4-27-18(12)31;2*1-4-7(5-2)6-3;1-5-6-7(2,3)4;/h2,5-8,10-11,13,15-16,21-22H,3-4H2,1H3,(H,34,35)(H,36,37)(H2,25,26,28)(H,27,29,33);1,4-6,8-9,11,13-15,20-21,32H,2-3H2,(H,34,35)(H,36,37)(H2,24,25,27)(H,26,28,33);2*4-6H2,1-3H3;5H2,1-4H3;1H4/t8-,10-,11-,13-,15-,16-,21-,22-;8-,9-,11-,13-,14-,15-,20-,21-;;;;/m11..../s1. The van der Waals surface area contributed by atoms with Gasteiger partial charge in [-0.2, -0.15) is 0 Å². The Labute approximate surface area is 638 Å². The SMILES string of the molecule is C.CCN(CC)CC.CCN(CC)CC.CCO[Si](C)(C)C.C[C@H]1[C@H]2OP(=O)(O)OC[C@H]3O[C@@H](n4cnc5c(N)ncnc54)[C@H](F)[C@@H]3OP(=O)(O)OC[C@H]1O[C@H]2n1cc(F)c2c(=O)[nH]cnc21.Nc1ncnc2c1ncn2[C@@H]1O[C@@H]2COP(=O)(O)O[C@@H]3[C@H](O)[C@@H](COP(=O)(O)O[C@H]2[C@H]1F)O[C@H]3n1cc(F)c2c(=O)[nH]cnc21. The van der Waals surface area contributed by atoms with Gasteiger partial charge in [0.25, 0.3) is 11.1 Å². The number of aliphatic hydroxyl groups is 1. The molecule has 0 saturated carbocycles. The molecule has 8 aromatic heterocycles. The number of nitrogens with zero attached hydrogens (tertiary/aromatic N) is 14. The van der Waals surface area contributed by atoms with Gasteiger partial charge < -0.3 is 88.4 Å². The fourth-order valence-corrected chi connectivity index (χ4v) is 17.5.